The summed E-state index contributed by atoms with van der Waals surface area (Å²) in [6.45, 7) is 6.22. The van der Waals surface area contributed by atoms with Gasteiger partial charge in [-0.15, -0.1) is 0 Å². The minimum absolute atomic E-state index is 0.00978. The molecule has 1 aliphatic carbocycles. The number of nitrogens with zero attached hydrogens (tertiary/aromatic N) is 2. The number of nitrogens with one attached hydrogen (secondary N) is 1. The summed E-state index contributed by atoms with van der Waals surface area (Å²) in [5, 5.41) is 9.87. The van der Waals surface area contributed by atoms with Crippen LogP contribution in [0.15, 0.2) is 24.3 Å². The van der Waals surface area contributed by atoms with E-state index < -0.39 is 5.41 Å². The van der Waals surface area contributed by atoms with E-state index in [0.29, 0.717) is 22.5 Å². The van der Waals surface area contributed by atoms with Crippen LogP contribution in [-0.2, 0) is 11.8 Å². The van der Waals surface area contributed by atoms with E-state index in [1.165, 1.54) is 0 Å². The molecule has 2 heterocycles. The van der Waals surface area contributed by atoms with Gasteiger partial charge in [-0.2, -0.15) is 5.26 Å². The summed E-state index contributed by atoms with van der Waals surface area (Å²) in [7, 11) is 1.65. The van der Waals surface area contributed by atoms with Crippen LogP contribution in [-0.4, -0.2) is 22.9 Å². The Morgan fingerprint density at radius 3 is 2.73 bits per heavy atom. The normalized spacial score (nSPS) is 14.7. The number of rotatable bonds is 2. The van der Waals surface area contributed by atoms with Crippen molar-refractivity contribution in [2.45, 2.75) is 32.6 Å². The lowest BCUT2D eigenvalue weighted by Gasteiger charge is -2.32. The van der Waals surface area contributed by atoms with Gasteiger partial charge in [0.15, 0.2) is 5.78 Å². The van der Waals surface area contributed by atoms with Gasteiger partial charge in [0.05, 0.1) is 12.7 Å². The number of aromatic amines is 1. The van der Waals surface area contributed by atoms with Gasteiger partial charge in [0, 0.05) is 22.1 Å². The van der Waals surface area contributed by atoms with Gasteiger partial charge in [-0.05, 0) is 41.8 Å². The van der Waals surface area contributed by atoms with E-state index in [1.54, 1.807) is 19.2 Å². The number of hydrogen-bond acceptors (Lipinski definition) is 4. The van der Waals surface area contributed by atoms with E-state index in [-0.39, 0.29) is 5.78 Å². The zero-order chi connectivity index (χ0) is 18.6. The van der Waals surface area contributed by atoms with Crippen LogP contribution >= 0.6 is 0 Å². The predicted octanol–water partition coefficient (Wildman–Crippen LogP) is 3.88. The third-order valence-corrected chi connectivity index (χ3v) is 5.34. The maximum absolute atomic E-state index is 13.3. The molecule has 5 heteroatoms. The van der Waals surface area contributed by atoms with Crippen LogP contribution < -0.4 is 4.74 Å². The molecule has 0 atom stereocenters. The fourth-order valence-electron chi connectivity index (χ4n) is 3.90. The molecule has 130 valence electrons. The molecule has 5 nitrogen and oxygen atoms in total. The fourth-order valence-corrected chi connectivity index (χ4v) is 3.90. The molecule has 0 amide bonds. The number of benzene rings is 1. The number of carbonyl (C=O) groups excluding carboxylic acids is 1. The number of ether oxygens (including phenoxy) is 1. The Labute approximate surface area is 151 Å². The largest absolute Gasteiger partial charge is 0.496 e. The molecule has 0 aliphatic heterocycles. The molecule has 0 radical (unpaired) electrons. The van der Waals surface area contributed by atoms with Gasteiger partial charge >= 0.3 is 0 Å². The number of hydrogen-bond donors (Lipinski definition) is 1. The lowest BCUT2D eigenvalue weighted by atomic mass is 9.70. The lowest BCUT2D eigenvalue weighted by Crippen LogP contribution is -2.30. The number of pyridine rings is 1. The highest BCUT2D eigenvalue weighted by molar-refractivity contribution is 6.19. The first-order valence-corrected chi connectivity index (χ1v) is 8.61. The number of ketones is 1. The highest BCUT2D eigenvalue weighted by Gasteiger charge is 2.40. The monoisotopic (exact) mass is 345 g/mol. The first-order valence-electron chi connectivity index (χ1n) is 8.61. The molecule has 0 saturated heterocycles. The van der Waals surface area contributed by atoms with Crippen molar-refractivity contribution in [1.29, 1.82) is 5.26 Å². The van der Waals surface area contributed by atoms with Gasteiger partial charge in [0.25, 0.3) is 0 Å². The second kappa shape index (κ2) is 5.43. The van der Waals surface area contributed by atoms with Crippen molar-refractivity contribution in [3.63, 3.8) is 0 Å². The van der Waals surface area contributed by atoms with Crippen molar-refractivity contribution >= 4 is 16.8 Å². The lowest BCUT2D eigenvalue weighted by molar-refractivity contribution is 0.103. The molecule has 0 saturated carbocycles. The van der Waals surface area contributed by atoms with Crippen molar-refractivity contribution in [2.75, 3.05) is 7.11 Å². The summed E-state index contributed by atoms with van der Waals surface area (Å²) >= 11 is 0. The van der Waals surface area contributed by atoms with Gasteiger partial charge in [0.1, 0.15) is 23.2 Å². The molecule has 0 bridgehead atoms. The molecule has 3 aromatic rings. The number of aryl methyl sites for hydroxylation is 1. The van der Waals surface area contributed by atoms with E-state index >= 15 is 0 Å². The summed E-state index contributed by atoms with van der Waals surface area (Å²) in [6, 6.07) is 9.44. The zero-order valence-corrected chi connectivity index (χ0v) is 15.2. The average Bonchev–Trinajstić information content (AvgIpc) is 3.05. The minimum Gasteiger partial charge on any atom is -0.496 e. The van der Waals surface area contributed by atoms with Gasteiger partial charge in [-0.3, -0.25) is 4.79 Å². The Morgan fingerprint density at radius 2 is 2.08 bits per heavy atom. The van der Waals surface area contributed by atoms with Crippen molar-refractivity contribution in [3.8, 4) is 11.8 Å². The van der Waals surface area contributed by atoms with Crippen LogP contribution in [0.5, 0.6) is 5.75 Å². The SMILES string of the molecule is CCc1cc2c(cc1OC)C(C)(C)c1[nH]c3nc(C#N)ccc3c1C2=O. The standard InChI is InChI=1S/C21H19N3O2/c1-5-11-8-14-15(9-16(11)26-4)21(2,3)19-17(18(14)25)13-7-6-12(10-22)23-20(13)24-19/h6-9H,5H2,1-4H3,(H,23,24). The number of aromatic nitrogens is 2. The summed E-state index contributed by atoms with van der Waals surface area (Å²) in [4.78, 5) is 21.0. The minimum atomic E-state index is -0.411. The summed E-state index contributed by atoms with van der Waals surface area (Å²) in [6.07, 6.45) is 0.790. The molecular weight excluding hydrogens is 326 g/mol. The van der Waals surface area contributed by atoms with Crippen molar-refractivity contribution < 1.29 is 9.53 Å². The number of H-pyrrole nitrogens is 1. The van der Waals surface area contributed by atoms with Crippen molar-refractivity contribution in [3.05, 3.63) is 57.9 Å². The van der Waals surface area contributed by atoms with E-state index in [9.17, 15) is 4.79 Å². The second-order valence-electron chi connectivity index (χ2n) is 7.10. The van der Waals surface area contributed by atoms with E-state index in [4.69, 9.17) is 10.00 Å². The van der Waals surface area contributed by atoms with Crippen LogP contribution in [0.4, 0.5) is 0 Å². The van der Waals surface area contributed by atoms with Crippen LogP contribution in [0.2, 0.25) is 0 Å². The van der Waals surface area contributed by atoms with Gasteiger partial charge in [-0.1, -0.05) is 20.8 Å². The first kappa shape index (κ1) is 16.3. The van der Waals surface area contributed by atoms with E-state index in [2.05, 4.69) is 23.8 Å². The predicted molar refractivity (Wildman–Crippen MR) is 98.7 cm³/mol. The summed E-state index contributed by atoms with van der Waals surface area (Å²) in [5.41, 5.74) is 4.65. The highest BCUT2D eigenvalue weighted by atomic mass is 16.5. The maximum Gasteiger partial charge on any atom is 0.195 e. The van der Waals surface area contributed by atoms with Crippen LogP contribution in [0.1, 0.15) is 59.2 Å². The Bertz CT molecular complexity index is 1120. The smallest absolute Gasteiger partial charge is 0.195 e. The quantitative estimate of drug-likeness (QED) is 0.764. The first-order chi connectivity index (χ1) is 12.4. The molecule has 0 spiro atoms. The maximum atomic E-state index is 13.3. The topological polar surface area (TPSA) is 78.8 Å². The van der Waals surface area contributed by atoms with Crippen LogP contribution in [0.3, 0.4) is 0 Å². The van der Waals surface area contributed by atoms with Crippen molar-refractivity contribution in [1.82, 2.24) is 9.97 Å². The number of nitriles is 1. The molecule has 2 aromatic heterocycles. The Hall–Kier alpha value is -3.13. The zero-order valence-electron chi connectivity index (χ0n) is 15.2. The van der Waals surface area contributed by atoms with Gasteiger partial charge < -0.3 is 9.72 Å². The molecule has 1 aliphatic rings. The van der Waals surface area contributed by atoms with Crippen LogP contribution in [0, 0.1) is 11.3 Å². The fraction of sp³-hybridized carbons (Fsp3) is 0.286. The third-order valence-electron chi connectivity index (χ3n) is 5.34. The third kappa shape index (κ3) is 2.02. The van der Waals surface area contributed by atoms with E-state index in [1.807, 2.05) is 25.1 Å². The van der Waals surface area contributed by atoms with Crippen molar-refractivity contribution in [2.24, 2.45) is 0 Å². The number of fused-ring (bicyclic) bond motifs is 4. The Kier molecular flexibility index (Phi) is 3.42. The molecular formula is C21H19N3O2. The van der Waals surface area contributed by atoms with Crippen LogP contribution in [0.25, 0.3) is 11.0 Å². The molecule has 1 aromatic carbocycles. The van der Waals surface area contributed by atoms with Gasteiger partial charge in [-0.25, -0.2) is 4.98 Å². The molecule has 26 heavy (non-hydrogen) atoms. The Morgan fingerprint density at radius 1 is 1.31 bits per heavy atom. The highest BCUT2D eigenvalue weighted by Crippen LogP contribution is 2.45. The Balaban J connectivity index is 2.05. The summed E-state index contributed by atoms with van der Waals surface area (Å²) < 4.78 is 5.54. The number of methoxy groups -OCH3 is 1. The van der Waals surface area contributed by atoms with E-state index in [0.717, 1.165) is 34.4 Å². The second-order valence-corrected chi connectivity index (χ2v) is 7.10. The summed E-state index contributed by atoms with van der Waals surface area (Å²) in [5.74, 6) is 0.793. The molecule has 4 rings (SSSR count). The number of carbonyl (C=O) groups is 1. The molecule has 0 fully saturated rings. The average molecular weight is 345 g/mol. The molecule has 1 N–H and O–H groups in total. The van der Waals surface area contributed by atoms with Gasteiger partial charge in [0.2, 0.25) is 0 Å². The molecule has 0 unspecified atom stereocenters.